The van der Waals surface area contributed by atoms with Crippen molar-refractivity contribution in [2.75, 3.05) is 13.1 Å². The molecular formula is C13H17ClN2O2. The SMILES string of the molecule is NC1CCCN(C(=O)OCc2cccc(Cl)c2)C1. The Morgan fingerprint density at radius 2 is 2.39 bits per heavy atom. The largest absolute Gasteiger partial charge is 0.445 e. The second-order valence-corrected chi connectivity index (χ2v) is 4.97. The van der Waals surface area contributed by atoms with Crippen molar-refractivity contribution < 1.29 is 9.53 Å². The molecule has 0 spiro atoms. The minimum Gasteiger partial charge on any atom is -0.445 e. The molecule has 1 fully saturated rings. The molecule has 0 bridgehead atoms. The molecule has 1 saturated heterocycles. The highest BCUT2D eigenvalue weighted by Crippen LogP contribution is 2.13. The molecule has 1 aromatic rings. The van der Waals surface area contributed by atoms with Gasteiger partial charge in [0.05, 0.1) is 0 Å². The molecule has 2 N–H and O–H groups in total. The zero-order valence-corrected chi connectivity index (χ0v) is 10.9. The number of nitrogens with two attached hydrogens (primary N) is 1. The van der Waals surface area contributed by atoms with Crippen molar-refractivity contribution in [1.29, 1.82) is 0 Å². The summed E-state index contributed by atoms with van der Waals surface area (Å²) in [5.74, 6) is 0. The van der Waals surface area contributed by atoms with Gasteiger partial charge in [0.1, 0.15) is 6.61 Å². The maximum atomic E-state index is 11.8. The van der Waals surface area contributed by atoms with E-state index in [4.69, 9.17) is 22.1 Å². The fourth-order valence-electron chi connectivity index (χ4n) is 2.04. The summed E-state index contributed by atoms with van der Waals surface area (Å²) in [5.41, 5.74) is 6.71. The van der Waals surface area contributed by atoms with Crippen LogP contribution >= 0.6 is 11.6 Å². The molecule has 0 saturated carbocycles. The first kappa shape index (κ1) is 13.2. The lowest BCUT2D eigenvalue weighted by Gasteiger charge is -2.29. The Hall–Kier alpha value is -1.26. The lowest BCUT2D eigenvalue weighted by atomic mass is 10.1. The Bertz CT molecular complexity index is 425. The third-order valence-corrected chi connectivity index (χ3v) is 3.20. The Balaban J connectivity index is 1.84. The van der Waals surface area contributed by atoms with Gasteiger partial charge in [-0.25, -0.2) is 4.79 Å². The van der Waals surface area contributed by atoms with Gasteiger partial charge < -0.3 is 15.4 Å². The van der Waals surface area contributed by atoms with Crippen molar-refractivity contribution in [1.82, 2.24) is 4.90 Å². The van der Waals surface area contributed by atoms with Crippen LogP contribution in [0.15, 0.2) is 24.3 Å². The monoisotopic (exact) mass is 268 g/mol. The molecule has 0 aliphatic carbocycles. The quantitative estimate of drug-likeness (QED) is 0.896. The van der Waals surface area contributed by atoms with Crippen LogP contribution in [0.4, 0.5) is 4.79 Å². The minimum absolute atomic E-state index is 0.0671. The van der Waals surface area contributed by atoms with Gasteiger partial charge in [0.25, 0.3) is 0 Å². The van der Waals surface area contributed by atoms with Gasteiger partial charge in [-0.05, 0) is 30.5 Å². The van der Waals surface area contributed by atoms with Gasteiger partial charge in [-0.15, -0.1) is 0 Å². The molecule has 1 heterocycles. The van der Waals surface area contributed by atoms with Crippen LogP contribution < -0.4 is 5.73 Å². The Kier molecular flexibility index (Phi) is 4.44. The molecule has 18 heavy (non-hydrogen) atoms. The number of hydrogen-bond donors (Lipinski definition) is 1. The van der Waals surface area contributed by atoms with Gasteiger partial charge in [-0.1, -0.05) is 23.7 Å². The van der Waals surface area contributed by atoms with Crippen molar-refractivity contribution in [3.63, 3.8) is 0 Å². The topological polar surface area (TPSA) is 55.6 Å². The highest BCUT2D eigenvalue weighted by Gasteiger charge is 2.22. The lowest BCUT2D eigenvalue weighted by Crippen LogP contribution is -2.45. The standard InChI is InChI=1S/C13H17ClN2O2/c14-11-4-1-3-10(7-11)9-18-13(17)16-6-2-5-12(15)8-16/h1,3-4,7,12H,2,5-6,8-9,15H2. The molecule has 1 unspecified atom stereocenters. The molecule has 1 amide bonds. The van der Waals surface area contributed by atoms with E-state index < -0.39 is 0 Å². The molecular weight excluding hydrogens is 252 g/mol. The Labute approximate surface area is 112 Å². The molecule has 98 valence electrons. The van der Waals surface area contributed by atoms with Crippen LogP contribution in [0.5, 0.6) is 0 Å². The first-order chi connectivity index (χ1) is 8.65. The van der Waals surface area contributed by atoms with Gasteiger partial charge in [-0.2, -0.15) is 0 Å². The average Bonchev–Trinajstić information content (AvgIpc) is 2.36. The number of halogens is 1. The van der Waals surface area contributed by atoms with Gasteiger partial charge >= 0.3 is 6.09 Å². The summed E-state index contributed by atoms with van der Waals surface area (Å²) < 4.78 is 5.24. The average molecular weight is 269 g/mol. The summed E-state index contributed by atoms with van der Waals surface area (Å²) in [4.78, 5) is 13.5. The highest BCUT2D eigenvalue weighted by molar-refractivity contribution is 6.30. The van der Waals surface area contributed by atoms with Crippen molar-refractivity contribution in [3.05, 3.63) is 34.9 Å². The van der Waals surface area contributed by atoms with Crippen LogP contribution in [0, 0.1) is 0 Å². The van der Waals surface area contributed by atoms with Crippen molar-refractivity contribution in [3.8, 4) is 0 Å². The smallest absolute Gasteiger partial charge is 0.410 e. The summed E-state index contributed by atoms with van der Waals surface area (Å²) in [7, 11) is 0. The Morgan fingerprint density at radius 3 is 3.11 bits per heavy atom. The van der Waals surface area contributed by atoms with E-state index in [9.17, 15) is 4.79 Å². The normalized spacial score (nSPS) is 19.7. The summed E-state index contributed by atoms with van der Waals surface area (Å²) in [6, 6.07) is 7.36. The lowest BCUT2D eigenvalue weighted by molar-refractivity contribution is 0.0862. The maximum absolute atomic E-state index is 11.8. The van der Waals surface area contributed by atoms with Crippen LogP contribution in [-0.2, 0) is 11.3 Å². The van der Waals surface area contributed by atoms with E-state index in [1.807, 2.05) is 12.1 Å². The second-order valence-electron chi connectivity index (χ2n) is 4.53. The third-order valence-electron chi connectivity index (χ3n) is 2.97. The highest BCUT2D eigenvalue weighted by atomic mass is 35.5. The molecule has 5 heteroatoms. The summed E-state index contributed by atoms with van der Waals surface area (Å²) in [5, 5.41) is 0.642. The predicted molar refractivity (Wildman–Crippen MR) is 70.4 cm³/mol. The van der Waals surface area contributed by atoms with Crippen molar-refractivity contribution in [2.24, 2.45) is 5.73 Å². The van der Waals surface area contributed by atoms with Crippen LogP contribution in [-0.4, -0.2) is 30.1 Å². The van der Waals surface area contributed by atoms with Gasteiger partial charge in [0.2, 0.25) is 0 Å². The van der Waals surface area contributed by atoms with Crippen LogP contribution in [0.2, 0.25) is 5.02 Å². The number of piperidine rings is 1. The number of ether oxygens (including phenoxy) is 1. The number of nitrogens with zero attached hydrogens (tertiary/aromatic N) is 1. The van der Waals surface area contributed by atoms with E-state index in [0.717, 1.165) is 24.9 Å². The zero-order valence-electron chi connectivity index (χ0n) is 10.1. The molecule has 0 radical (unpaired) electrons. The molecule has 1 aliphatic rings. The van der Waals surface area contributed by atoms with E-state index in [2.05, 4.69) is 0 Å². The third kappa shape index (κ3) is 3.62. The number of carbonyl (C=O) groups is 1. The van der Waals surface area contributed by atoms with Crippen molar-refractivity contribution >= 4 is 17.7 Å². The number of benzene rings is 1. The number of hydrogen-bond acceptors (Lipinski definition) is 3. The molecule has 4 nitrogen and oxygen atoms in total. The number of rotatable bonds is 2. The molecule has 2 rings (SSSR count). The second kappa shape index (κ2) is 6.07. The van der Waals surface area contributed by atoms with E-state index in [0.29, 0.717) is 11.6 Å². The van der Waals surface area contributed by atoms with Crippen molar-refractivity contribution in [2.45, 2.75) is 25.5 Å². The molecule has 1 atom stereocenters. The number of carbonyl (C=O) groups excluding carboxylic acids is 1. The number of likely N-dealkylation sites (tertiary alicyclic amines) is 1. The summed E-state index contributed by atoms with van der Waals surface area (Å²) in [6.45, 7) is 1.54. The first-order valence-corrected chi connectivity index (χ1v) is 6.44. The fourth-order valence-corrected chi connectivity index (χ4v) is 2.25. The Morgan fingerprint density at radius 1 is 1.56 bits per heavy atom. The fraction of sp³-hybridized carbons (Fsp3) is 0.462. The predicted octanol–water partition coefficient (Wildman–Crippen LogP) is 2.40. The molecule has 1 aromatic carbocycles. The van der Waals surface area contributed by atoms with Gasteiger partial charge in [0.15, 0.2) is 0 Å². The zero-order chi connectivity index (χ0) is 13.0. The van der Waals surface area contributed by atoms with E-state index in [-0.39, 0.29) is 18.7 Å². The van der Waals surface area contributed by atoms with Gasteiger partial charge in [-0.3, -0.25) is 0 Å². The van der Waals surface area contributed by atoms with Crippen LogP contribution in [0.1, 0.15) is 18.4 Å². The molecule has 1 aliphatic heterocycles. The van der Waals surface area contributed by atoms with Crippen LogP contribution in [0.3, 0.4) is 0 Å². The minimum atomic E-state index is -0.301. The molecule has 0 aromatic heterocycles. The van der Waals surface area contributed by atoms with Gasteiger partial charge in [0, 0.05) is 24.2 Å². The van der Waals surface area contributed by atoms with E-state index in [1.54, 1.807) is 17.0 Å². The summed E-state index contributed by atoms with van der Waals surface area (Å²) in [6.07, 6.45) is 1.61. The van der Waals surface area contributed by atoms with E-state index in [1.165, 1.54) is 0 Å². The number of amides is 1. The van der Waals surface area contributed by atoms with Crippen LogP contribution in [0.25, 0.3) is 0 Å². The summed E-state index contributed by atoms with van der Waals surface area (Å²) >= 11 is 5.86. The van der Waals surface area contributed by atoms with E-state index >= 15 is 0 Å². The first-order valence-electron chi connectivity index (χ1n) is 6.07. The maximum Gasteiger partial charge on any atom is 0.410 e.